The minimum atomic E-state index is 0.218. The van der Waals surface area contributed by atoms with E-state index >= 15 is 0 Å². The van der Waals surface area contributed by atoms with Crippen molar-refractivity contribution in [2.24, 2.45) is 11.7 Å². The van der Waals surface area contributed by atoms with Crippen molar-refractivity contribution in [3.8, 4) is 0 Å². The second-order valence-corrected chi connectivity index (χ2v) is 5.68. The lowest BCUT2D eigenvalue weighted by molar-refractivity contribution is -0.121. The second kappa shape index (κ2) is 8.88. The Morgan fingerprint density at radius 1 is 1.25 bits per heavy atom. The third-order valence-electron chi connectivity index (χ3n) is 3.04. The summed E-state index contributed by atoms with van der Waals surface area (Å²) in [5.74, 6) is 3.46. The number of nitrogens with two attached hydrogens (primary N) is 1. The van der Waals surface area contributed by atoms with Gasteiger partial charge < -0.3 is 11.1 Å². The van der Waals surface area contributed by atoms with Crippen LogP contribution in [0.15, 0.2) is 0 Å². The Morgan fingerprint density at radius 2 is 2.00 bits per heavy atom. The monoisotopic (exact) mass is 244 g/mol. The zero-order valence-corrected chi connectivity index (χ0v) is 10.9. The Labute approximate surface area is 103 Å². The summed E-state index contributed by atoms with van der Waals surface area (Å²) < 4.78 is 0. The Balaban J connectivity index is 1.96. The van der Waals surface area contributed by atoms with Gasteiger partial charge in [-0.15, -0.1) is 0 Å². The van der Waals surface area contributed by atoms with Gasteiger partial charge in [0.05, 0.1) is 0 Å². The molecule has 1 saturated heterocycles. The van der Waals surface area contributed by atoms with E-state index in [0.717, 1.165) is 32.4 Å². The van der Waals surface area contributed by atoms with Crippen molar-refractivity contribution < 1.29 is 4.79 Å². The third kappa shape index (κ3) is 6.38. The van der Waals surface area contributed by atoms with E-state index in [1.165, 1.54) is 24.3 Å². The second-order valence-electron chi connectivity index (χ2n) is 4.46. The molecule has 0 bridgehead atoms. The third-order valence-corrected chi connectivity index (χ3v) is 4.09. The maximum Gasteiger partial charge on any atom is 0.220 e. The number of rotatable bonds is 7. The van der Waals surface area contributed by atoms with Crippen LogP contribution in [0.1, 0.15) is 38.5 Å². The van der Waals surface area contributed by atoms with Gasteiger partial charge in [0.1, 0.15) is 0 Å². The van der Waals surface area contributed by atoms with Crippen LogP contribution in [0.4, 0.5) is 0 Å². The van der Waals surface area contributed by atoms with Crippen LogP contribution >= 0.6 is 11.8 Å². The highest BCUT2D eigenvalue weighted by atomic mass is 32.2. The molecule has 0 aromatic rings. The summed E-state index contributed by atoms with van der Waals surface area (Å²) in [6, 6.07) is 0. The van der Waals surface area contributed by atoms with Crippen LogP contribution in [0.25, 0.3) is 0 Å². The number of nitrogens with one attached hydrogen (secondary N) is 1. The average Bonchev–Trinajstić information content (AvgIpc) is 2.33. The van der Waals surface area contributed by atoms with E-state index in [4.69, 9.17) is 5.73 Å². The lowest BCUT2D eigenvalue weighted by Gasteiger charge is -2.21. The van der Waals surface area contributed by atoms with E-state index in [9.17, 15) is 4.79 Å². The predicted molar refractivity (Wildman–Crippen MR) is 70.6 cm³/mol. The first-order valence-corrected chi connectivity index (χ1v) is 7.53. The minimum Gasteiger partial charge on any atom is -0.356 e. The molecule has 0 spiro atoms. The van der Waals surface area contributed by atoms with Gasteiger partial charge in [-0.1, -0.05) is 6.42 Å². The highest BCUT2D eigenvalue weighted by molar-refractivity contribution is 7.99. The maximum absolute atomic E-state index is 11.5. The molecule has 0 aromatic heterocycles. The van der Waals surface area contributed by atoms with Gasteiger partial charge in [0, 0.05) is 13.0 Å². The molecule has 94 valence electrons. The topological polar surface area (TPSA) is 55.1 Å². The van der Waals surface area contributed by atoms with Gasteiger partial charge >= 0.3 is 0 Å². The van der Waals surface area contributed by atoms with E-state index in [1.54, 1.807) is 0 Å². The Kier molecular flexibility index (Phi) is 7.68. The fourth-order valence-electron chi connectivity index (χ4n) is 1.90. The predicted octanol–water partition coefficient (Wildman–Crippen LogP) is 1.76. The van der Waals surface area contributed by atoms with Crippen LogP contribution in [-0.4, -0.2) is 30.5 Å². The van der Waals surface area contributed by atoms with E-state index in [1.807, 2.05) is 11.8 Å². The average molecular weight is 244 g/mol. The molecule has 1 heterocycles. The molecule has 3 N–H and O–H groups in total. The number of carbonyl (C=O) groups is 1. The molecule has 1 aliphatic heterocycles. The van der Waals surface area contributed by atoms with Gasteiger partial charge in [-0.25, -0.2) is 0 Å². The minimum absolute atomic E-state index is 0.218. The fraction of sp³-hybridized carbons (Fsp3) is 0.917. The normalized spacial score (nSPS) is 17.3. The van der Waals surface area contributed by atoms with Crippen molar-refractivity contribution in [1.29, 1.82) is 0 Å². The van der Waals surface area contributed by atoms with E-state index in [-0.39, 0.29) is 5.91 Å². The summed E-state index contributed by atoms with van der Waals surface area (Å²) in [5.41, 5.74) is 5.40. The van der Waals surface area contributed by atoms with Gasteiger partial charge in [0.25, 0.3) is 0 Å². The molecule has 0 unspecified atom stereocenters. The highest BCUT2D eigenvalue weighted by Gasteiger charge is 2.14. The lowest BCUT2D eigenvalue weighted by atomic mass is 10.0. The first-order chi connectivity index (χ1) is 7.83. The standard InChI is InChI=1S/C12H24N2OS/c13-7-3-1-2-4-12(15)14-10-11-5-8-16-9-6-11/h11H,1-10,13H2,(H,14,15). The molecule has 1 fully saturated rings. The van der Waals surface area contributed by atoms with E-state index < -0.39 is 0 Å². The van der Waals surface area contributed by atoms with E-state index in [0.29, 0.717) is 12.3 Å². The van der Waals surface area contributed by atoms with Crippen LogP contribution in [0.2, 0.25) is 0 Å². The van der Waals surface area contributed by atoms with Gasteiger partial charge in [-0.05, 0) is 49.7 Å². The number of hydrogen-bond donors (Lipinski definition) is 2. The van der Waals surface area contributed by atoms with Gasteiger partial charge in [-0.3, -0.25) is 4.79 Å². The molecule has 4 heteroatoms. The summed E-state index contributed by atoms with van der Waals surface area (Å²) in [5, 5.41) is 3.05. The SMILES string of the molecule is NCCCCCC(=O)NCC1CCSCC1. The zero-order valence-electron chi connectivity index (χ0n) is 10.0. The number of unbranched alkanes of at least 4 members (excludes halogenated alkanes) is 2. The molecular formula is C12H24N2OS. The molecule has 1 aliphatic rings. The quantitative estimate of drug-likeness (QED) is 0.671. The number of thioether (sulfide) groups is 1. The first kappa shape index (κ1) is 13.8. The van der Waals surface area contributed by atoms with Crippen molar-refractivity contribution >= 4 is 17.7 Å². The lowest BCUT2D eigenvalue weighted by Crippen LogP contribution is -2.30. The zero-order chi connectivity index (χ0) is 11.6. The Hall–Kier alpha value is -0.220. The first-order valence-electron chi connectivity index (χ1n) is 6.37. The molecule has 1 amide bonds. The van der Waals surface area contributed by atoms with Gasteiger partial charge in [-0.2, -0.15) is 11.8 Å². The Morgan fingerprint density at radius 3 is 2.69 bits per heavy atom. The maximum atomic E-state index is 11.5. The number of carbonyl (C=O) groups excluding carboxylic acids is 1. The molecule has 16 heavy (non-hydrogen) atoms. The summed E-state index contributed by atoms with van der Waals surface area (Å²) in [6.07, 6.45) is 6.28. The summed E-state index contributed by atoms with van der Waals surface area (Å²) >= 11 is 2.03. The number of hydrogen-bond acceptors (Lipinski definition) is 3. The molecule has 3 nitrogen and oxygen atoms in total. The van der Waals surface area contributed by atoms with E-state index in [2.05, 4.69) is 5.32 Å². The largest absolute Gasteiger partial charge is 0.356 e. The van der Waals surface area contributed by atoms with Gasteiger partial charge in [0.15, 0.2) is 0 Å². The van der Waals surface area contributed by atoms with Crippen molar-refractivity contribution in [1.82, 2.24) is 5.32 Å². The van der Waals surface area contributed by atoms with Crippen molar-refractivity contribution in [3.05, 3.63) is 0 Å². The summed E-state index contributed by atoms with van der Waals surface area (Å²) in [4.78, 5) is 11.5. The molecule has 0 atom stereocenters. The molecule has 0 saturated carbocycles. The molecular weight excluding hydrogens is 220 g/mol. The van der Waals surface area contributed by atoms with Crippen LogP contribution in [0.3, 0.4) is 0 Å². The highest BCUT2D eigenvalue weighted by Crippen LogP contribution is 2.21. The Bertz CT molecular complexity index is 193. The molecule has 0 aliphatic carbocycles. The van der Waals surface area contributed by atoms with Crippen LogP contribution < -0.4 is 11.1 Å². The van der Waals surface area contributed by atoms with Crippen molar-refractivity contribution in [3.63, 3.8) is 0 Å². The van der Waals surface area contributed by atoms with Crippen molar-refractivity contribution in [2.45, 2.75) is 38.5 Å². The molecule has 1 rings (SSSR count). The smallest absolute Gasteiger partial charge is 0.220 e. The summed E-state index contributed by atoms with van der Waals surface area (Å²) in [6.45, 7) is 1.62. The van der Waals surface area contributed by atoms with Crippen molar-refractivity contribution in [2.75, 3.05) is 24.6 Å². The molecule has 0 aromatic carbocycles. The van der Waals surface area contributed by atoms with Gasteiger partial charge in [0.2, 0.25) is 5.91 Å². The van der Waals surface area contributed by atoms with Crippen LogP contribution in [0.5, 0.6) is 0 Å². The fourth-order valence-corrected chi connectivity index (χ4v) is 3.11. The molecule has 0 radical (unpaired) electrons. The van der Waals surface area contributed by atoms with Crippen LogP contribution in [-0.2, 0) is 4.79 Å². The number of amides is 1. The summed E-state index contributed by atoms with van der Waals surface area (Å²) in [7, 11) is 0. The van der Waals surface area contributed by atoms with Crippen LogP contribution in [0, 0.1) is 5.92 Å².